The van der Waals surface area contributed by atoms with Crippen molar-refractivity contribution in [3.05, 3.63) is 65.7 Å². The van der Waals surface area contributed by atoms with Crippen molar-refractivity contribution in [3.8, 4) is 0 Å². The molecule has 0 aliphatic carbocycles. The summed E-state index contributed by atoms with van der Waals surface area (Å²) in [6.45, 7) is 0.105. The van der Waals surface area contributed by atoms with Crippen LogP contribution in [0.3, 0.4) is 0 Å². The molecule has 1 heterocycles. The molecule has 0 radical (unpaired) electrons. The van der Waals surface area contributed by atoms with Crippen LogP contribution in [-0.4, -0.2) is 39.5 Å². The van der Waals surface area contributed by atoms with Gasteiger partial charge >= 0.3 is 0 Å². The Balaban J connectivity index is 1.69. The van der Waals surface area contributed by atoms with E-state index < -0.39 is 42.5 Å². The smallest absolute Gasteiger partial charge is 0.218 e. The van der Waals surface area contributed by atoms with Crippen LogP contribution >= 0.6 is 0 Å². The third-order valence-corrected chi connectivity index (χ3v) is 8.70. The zero-order chi connectivity index (χ0) is 19.7. The van der Waals surface area contributed by atoms with E-state index in [1.807, 2.05) is 0 Å². The molecular weight excluding hydrogens is 396 g/mol. The fourth-order valence-corrected chi connectivity index (χ4v) is 6.51. The van der Waals surface area contributed by atoms with Crippen molar-refractivity contribution in [2.75, 3.05) is 13.1 Å². The van der Waals surface area contributed by atoms with Crippen LogP contribution in [0, 0.1) is 11.6 Å². The Labute approximate surface area is 157 Å². The van der Waals surface area contributed by atoms with Crippen molar-refractivity contribution in [3.63, 3.8) is 0 Å². The Kier molecular flexibility index (Phi) is 5.64. The lowest BCUT2D eigenvalue weighted by Crippen LogP contribution is -2.42. The van der Waals surface area contributed by atoms with Gasteiger partial charge in [0.25, 0.3) is 0 Å². The minimum atomic E-state index is -3.80. The molecule has 146 valence electrons. The average molecular weight is 415 g/mol. The summed E-state index contributed by atoms with van der Waals surface area (Å²) in [6.07, 6.45) is 0.349. The van der Waals surface area contributed by atoms with E-state index in [9.17, 15) is 25.6 Å². The lowest BCUT2D eigenvalue weighted by atomic mass is 10.2. The summed E-state index contributed by atoms with van der Waals surface area (Å²) < 4.78 is 78.1. The highest BCUT2D eigenvalue weighted by atomic mass is 32.2. The van der Waals surface area contributed by atoms with Crippen LogP contribution in [0.1, 0.15) is 18.4 Å². The molecule has 27 heavy (non-hydrogen) atoms. The molecule has 0 unspecified atom stereocenters. The van der Waals surface area contributed by atoms with E-state index >= 15 is 0 Å². The lowest BCUT2D eigenvalue weighted by molar-refractivity contribution is 0.345. The Morgan fingerprint density at radius 1 is 0.889 bits per heavy atom. The number of piperidine rings is 1. The predicted octanol–water partition coefficient (Wildman–Crippen LogP) is 2.73. The van der Waals surface area contributed by atoms with E-state index in [1.165, 1.54) is 16.4 Å². The van der Waals surface area contributed by atoms with Crippen LogP contribution in [0.5, 0.6) is 0 Å². The first-order valence-electron chi connectivity index (χ1n) is 8.40. The van der Waals surface area contributed by atoms with Gasteiger partial charge in [0, 0.05) is 19.2 Å². The van der Waals surface area contributed by atoms with Gasteiger partial charge in [0.2, 0.25) is 10.0 Å². The molecule has 0 saturated carbocycles. The molecule has 1 fully saturated rings. The maximum Gasteiger partial charge on any atom is 0.218 e. The standard InChI is InChI=1S/C18H19F2NO4S2/c19-15-10-14(11-16(20)12-15)13-26(22,23)21-8-6-18(7-9-21)27(24,25)17-4-2-1-3-5-17/h1-5,10-12,18H,6-9,13H2. The SMILES string of the molecule is O=S(=O)(c1ccccc1)C1CCN(S(=O)(=O)Cc2cc(F)cc(F)c2)CC1. The van der Waals surface area contributed by atoms with Crippen LogP contribution in [-0.2, 0) is 25.6 Å². The third kappa shape index (κ3) is 4.53. The molecule has 1 aliphatic heterocycles. The number of hydrogen-bond donors (Lipinski definition) is 0. The normalized spacial score (nSPS) is 17.1. The summed E-state index contributed by atoms with van der Waals surface area (Å²) in [4.78, 5) is 0.224. The Bertz CT molecular complexity index is 996. The monoisotopic (exact) mass is 415 g/mol. The van der Waals surface area contributed by atoms with Crippen molar-refractivity contribution in [2.45, 2.75) is 28.7 Å². The van der Waals surface area contributed by atoms with E-state index in [1.54, 1.807) is 18.2 Å². The number of hydrogen-bond acceptors (Lipinski definition) is 4. The first kappa shape index (κ1) is 19.9. The van der Waals surface area contributed by atoms with Gasteiger partial charge in [-0.15, -0.1) is 0 Å². The second kappa shape index (κ2) is 7.65. The highest BCUT2D eigenvalue weighted by molar-refractivity contribution is 7.92. The molecule has 5 nitrogen and oxygen atoms in total. The van der Waals surface area contributed by atoms with Gasteiger partial charge in [0.1, 0.15) is 11.6 Å². The zero-order valence-electron chi connectivity index (χ0n) is 14.4. The van der Waals surface area contributed by atoms with Crippen LogP contribution in [0.15, 0.2) is 53.4 Å². The second-order valence-electron chi connectivity index (χ2n) is 6.49. The van der Waals surface area contributed by atoms with Crippen molar-refractivity contribution < 1.29 is 25.6 Å². The highest BCUT2D eigenvalue weighted by Crippen LogP contribution is 2.26. The van der Waals surface area contributed by atoms with Crippen LogP contribution in [0.4, 0.5) is 8.78 Å². The van der Waals surface area contributed by atoms with Crippen molar-refractivity contribution >= 4 is 19.9 Å². The number of halogens is 2. The molecule has 2 aromatic rings. The number of rotatable bonds is 5. The predicted molar refractivity (Wildman–Crippen MR) is 97.2 cm³/mol. The number of nitrogens with zero attached hydrogens (tertiary/aromatic N) is 1. The second-order valence-corrected chi connectivity index (χ2v) is 10.7. The van der Waals surface area contributed by atoms with Crippen LogP contribution in [0.25, 0.3) is 0 Å². The van der Waals surface area contributed by atoms with Gasteiger partial charge in [-0.2, -0.15) is 0 Å². The fraction of sp³-hybridized carbons (Fsp3) is 0.333. The average Bonchev–Trinajstić information content (AvgIpc) is 2.61. The highest BCUT2D eigenvalue weighted by Gasteiger charge is 2.35. The van der Waals surface area contributed by atoms with Crippen LogP contribution in [0.2, 0.25) is 0 Å². The molecule has 0 bridgehead atoms. The van der Waals surface area contributed by atoms with E-state index in [2.05, 4.69) is 0 Å². The Morgan fingerprint density at radius 3 is 2.00 bits per heavy atom. The number of sulfonamides is 1. The molecule has 3 rings (SSSR count). The summed E-state index contributed by atoms with van der Waals surface area (Å²) in [6, 6.07) is 10.7. The summed E-state index contributed by atoms with van der Waals surface area (Å²) >= 11 is 0. The summed E-state index contributed by atoms with van der Waals surface area (Å²) in [5.41, 5.74) is 0.0199. The number of benzene rings is 2. The molecule has 1 saturated heterocycles. The third-order valence-electron chi connectivity index (χ3n) is 4.58. The first-order chi connectivity index (χ1) is 12.7. The fourth-order valence-electron chi connectivity index (χ4n) is 3.22. The molecule has 0 amide bonds. The quantitative estimate of drug-likeness (QED) is 0.753. The maximum absolute atomic E-state index is 13.3. The molecule has 2 aromatic carbocycles. The van der Waals surface area contributed by atoms with Gasteiger partial charge in [-0.05, 0) is 42.7 Å². The minimum Gasteiger partial charge on any atom is -0.223 e. The van der Waals surface area contributed by atoms with Gasteiger partial charge < -0.3 is 0 Å². The van der Waals surface area contributed by atoms with Gasteiger partial charge in [0.05, 0.1) is 15.9 Å². The van der Waals surface area contributed by atoms with E-state index in [0.29, 0.717) is 6.07 Å². The molecule has 0 atom stereocenters. The van der Waals surface area contributed by atoms with Gasteiger partial charge in [-0.3, -0.25) is 0 Å². The summed E-state index contributed by atoms with van der Waals surface area (Å²) in [5, 5.41) is -0.655. The molecule has 0 aromatic heterocycles. The van der Waals surface area contributed by atoms with Crippen molar-refractivity contribution in [2.24, 2.45) is 0 Å². The molecule has 9 heteroatoms. The van der Waals surface area contributed by atoms with Gasteiger partial charge in [-0.1, -0.05) is 18.2 Å². The molecule has 0 N–H and O–H groups in total. The van der Waals surface area contributed by atoms with Crippen molar-refractivity contribution in [1.82, 2.24) is 4.31 Å². The maximum atomic E-state index is 13.3. The molecule has 1 aliphatic rings. The van der Waals surface area contributed by atoms with E-state index in [4.69, 9.17) is 0 Å². The van der Waals surface area contributed by atoms with Crippen LogP contribution < -0.4 is 0 Å². The Morgan fingerprint density at radius 2 is 1.44 bits per heavy atom. The van der Waals surface area contributed by atoms with E-state index in [-0.39, 0.29) is 36.4 Å². The Hall–Kier alpha value is -1.84. The number of sulfone groups is 1. The molecular formula is C18H19F2NO4S2. The minimum absolute atomic E-state index is 0.0199. The van der Waals surface area contributed by atoms with E-state index in [0.717, 1.165) is 12.1 Å². The van der Waals surface area contributed by atoms with Gasteiger partial charge in [0.15, 0.2) is 9.84 Å². The summed E-state index contributed by atoms with van der Waals surface area (Å²) in [5.74, 6) is -2.21. The zero-order valence-corrected chi connectivity index (χ0v) is 16.0. The largest absolute Gasteiger partial charge is 0.223 e. The first-order valence-corrected chi connectivity index (χ1v) is 11.6. The topological polar surface area (TPSA) is 71.5 Å². The van der Waals surface area contributed by atoms with Crippen molar-refractivity contribution in [1.29, 1.82) is 0 Å². The molecule has 0 spiro atoms. The lowest BCUT2D eigenvalue weighted by Gasteiger charge is -2.31. The van der Waals surface area contributed by atoms with Gasteiger partial charge in [-0.25, -0.2) is 29.9 Å². The summed E-state index contributed by atoms with van der Waals surface area (Å²) in [7, 11) is -7.32.